The van der Waals surface area contributed by atoms with E-state index in [-0.39, 0.29) is 6.03 Å². The van der Waals surface area contributed by atoms with Crippen LogP contribution in [0.3, 0.4) is 0 Å². The van der Waals surface area contributed by atoms with E-state index in [1.54, 1.807) is 6.20 Å². The first-order valence-corrected chi connectivity index (χ1v) is 6.87. The smallest absolute Gasteiger partial charge is 0.317 e. The molecule has 0 spiro atoms. The molecule has 2 heterocycles. The number of carbonyl (C=O) groups excluding carboxylic acids is 1. The molecular weight excluding hydrogens is 228 g/mol. The normalized spacial score (nSPS) is 24.7. The van der Waals surface area contributed by atoms with Crippen molar-refractivity contribution in [2.75, 3.05) is 13.1 Å². The molecule has 1 aromatic heterocycles. The Morgan fingerprint density at radius 3 is 2.83 bits per heavy atom. The Hall–Kier alpha value is -1.52. The molecule has 1 saturated carbocycles. The molecular formula is C13H20N4O. The van der Waals surface area contributed by atoms with Gasteiger partial charge in [0.1, 0.15) is 0 Å². The second-order valence-electron chi connectivity index (χ2n) is 5.31. The summed E-state index contributed by atoms with van der Waals surface area (Å²) in [6, 6.07) is 2.79. The summed E-state index contributed by atoms with van der Waals surface area (Å²) >= 11 is 0. The van der Waals surface area contributed by atoms with Crippen molar-refractivity contribution in [3.63, 3.8) is 0 Å². The molecule has 1 aliphatic heterocycles. The van der Waals surface area contributed by atoms with Crippen molar-refractivity contribution >= 4 is 6.03 Å². The molecule has 1 aliphatic carbocycles. The lowest BCUT2D eigenvalue weighted by Gasteiger charge is -2.20. The fourth-order valence-electron chi connectivity index (χ4n) is 2.97. The van der Waals surface area contributed by atoms with E-state index in [1.165, 1.54) is 12.8 Å². The van der Waals surface area contributed by atoms with Gasteiger partial charge in [-0.05, 0) is 25.3 Å². The van der Waals surface area contributed by atoms with Crippen LogP contribution in [-0.4, -0.2) is 39.8 Å². The number of hydrogen-bond donors (Lipinski definition) is 1. The second kappa shape index (κ2) is 5.00. The number of amides is 2. The van der Waals surface area contributed by atoms with Gasteiger partial charge >= 0.3 is 6.03 Å². The first kappa shape index (κ1) is 11.6. The molecule has 1 aromatic rings. The molecule has 0 radical (unpaired) electrons. The van der Waals surface area contributed by atoms with Crippen LogP contribution in [-0.2, 0) is 0 Å². The Morgan fingerprint density at radius 1 is 1.28 bits per heavy atom. The SMILES string of the molecule is O=C(NC1CCCC1)N1CCC(n2cccn2)C1. The Balaban J connectivity index is 1.53. The molecule has 0 aromatic carbocycles. The van der Waals surface area contributed by atoms with Gasteiger partial charge < -0.3 is 10.2 Å². The van der Waals surface area contributed by atoms with Crippen molar-refractivity contribution < 1.29 is 4.79 Å². The number of nitrogens with one attached hydrogen (secondary N) is 1. The second-order valence-corrected chi connectivity index (χ2v) is 5.31. The number of likely N-dealkylation sites (tertiary alicyclic amines) is 1. The monoisotopic (exact) mass is 248 g/mol. The van der Waals surface area contributed by atoms with E-state index in [2.05, 4.69) is 10.4 Å². The number of aromatic nitrogens is 2. The molecule has 3 rings (SSSR count). The highest BCUT2D eigenvalue weighted by molar-refractivity contribution is 5.74. The zero-order valence-electron chi connectivity index (χ0n) is 10.6. The van der Waals surface area contributed by atoms with E-state index in [0.29, 0.717) is 12.1 Å². The third-order valence-corrected chi connectivity index (χ3v) is 4.03. The summed E-state index contributed by atoms with van der Waals surface area (Å²) in [6.07, 6.45) is 9.55. The largest absolute Gasteiger partial charge is 0.335 e. The molecule has 0 bridgehead atoms. The van der Waals surface area contributed by atoms with Crippen LogP contribution in [0.4, 0.5) is 4.79 Å². The predicted molar refractivity (Wildman–Crippen MR) is 68.2 cm³/mol. The minimum absolute atomic E-state index is 0.108. The zero-order valence-corrected chi connectivity index (χ0v) is 10.6. The molecule has 5 nitrogen and oxygen atoms in total. The number of hydrogen-bond acceptors (Lipinski definition) is 2. The molecule has 2 fully saturated rings. The number of carbonyl (C=O) groups is 1. The van der Waals surface area contributed by atoms with Crippen LogP contribution in [0.15, 0.2) is 18.5 Å². The Bertz CT molecular complexity index is 397. The number of urea groups is 1. The van der Waals surface area contributed by atoms with Gasteiger partial charge in [-0.25, -0.2) is 4.79 Å². The molecule has 1 N–H and O–H groups in total. The van der Waals surface area contributed by atoms with Gasteiger partial charge in [0.2, 0.25) is 0 Å². The molecule has 18 heavy (non-hydrogen) atoms. The van der Waals surface area contributed by atoms with Crippen LogP contribution < -0.4 is 5.32 Å². The van der Waals surface area contributed by atoms with Crippen molar-refractivity contribution in [3.05, 3.63) is 18.5 Å². The van der Waals surface area contributed by atoms with Crippen molar-refractivity contribution in [2.45, 2.75) is 44.2 Å². The summed E-state index contributed by atoms with van der Waals surface area (Å²) in [5.74, 6) is 0. The van der Waals surface area contributed by atoms with Crippen LogP contribution in [0.2, 0.25) is 0 Å². The summed E-state index contributed by atoms with van der Waals surface area (Å²) in [6.45, 7) is 1.61. The third kappa shape index (κ3) is 2.35. The van der Waals surface area contributed by atoms with Crippen LogP contribution in [0, 0.1) is 0 Å². The van der Waals surface area contributed by atoms with Crippen LogP contribution in [0.1, 0.15) is 38.1 Å². The Morgan fingerprint density at radius 2 is 2.11 bits per heavy atom. The maximum atomic E-state index is 12.1. The van der Waals surface area contributed by atoms with Gasteiger partial charge in [0, 0.05) is 31.5 Å². The van der Waals surface area contributed by atoms with Gasteiger partial charge in [-0.3, -0.25) is 4.68 Å². The van der Waals surface area contributed by atoms with Gasteiger partial charge in [0.15, 0.2) is 0 Å². The lowest BCUT2D eigenvalue weighted by atomic mass is 10.2. The Labute approximate surface area is 107 Å². The standard InChI is InChI=1S/C13H20N4O/c18-13(15-11-4-1-2-5-11)16-9-6-12(10-16)17-8-3-7-14-17/h3,7-8,11-12H,1-2,4-6,9-10H2,(H,15,18). The van der Waals surface area contributed by atoms with E-state index < -0.39 is 0 Å². The van der Waals surface area contributed by atoms with Crippen LogP contribution in [0.25, 0.3) is 0 Å². The molecule has 1 saturated heterocycles. The van der Waals surface area contributed by atoms with E-state index in [0.717, 1.165) is 32.4 Å². The van der Waals surface area contributed by atoms with Crippen molar-refractivity contribution in [1.82, 2.24) is 20.0 Å². The fraction of sp³-hybridized carbons (Fsp3) is 0.692. The summed E-state index contributed by atoms with van der Waals surface area (Å²) in [5.41, 5.74) is 0. The third-order valence-electron chi connectivity index (χ3n) is 4.03. The van der Waals surface area contributed by atoms with Gasteiger partial charge in [-0.15, -0.1) is 0 Å². The quantitative estimate of drug-likeness (QED) is 0.867. The van der Waals surface area contributed by atoms with Crippen molar-refractivity contribution in [3.8, 4) is 0 Å². The lowest BCUT2D eigenvalue weighted by molar-refractivity contribution is 0.202. The highest BCUT2D eigenvalue weighted by Crippen LogP contribution is 2.22. The highest BCUT2D eigenvalue weighted by atomic mass is 16.2. The minimum Gasteiger partial charge on any atom is -0.335 e. The van der Waals surface area contributed by atoms with E-state index >= 15 is 0 Å². The van der Waals surface area contributed by atoms with Gasteiger partial charge in [0.05, 0.1) is 6.04 Å². The predicted octanol–water partition coefficient (Wildman–Crippen LogP) is 1.78. The maximum Gasteiger partial charge on any atom is 0.317 e. The number of rotatable bonds is 2. The molecule has 2 aliphatic rings. The molecule has 1 unspecified atom stereocenters. The summed E-state index contributed by atoms with van der Waals surface area (Å²) in [7, 11) is 0. The zero-order chi connectivity index (χ0) is 12.4. The van der Waals surface area contributed by atoms with Crippen LogP contribution >= 0.6 is 0 Å². The first-order chi connectivity index (χ1) is 8.83. The highest BCUT2D eigenvalue weighted by Gasteiger charge is 2.29. The minimum atomic E-state index is 0.108. The van der Waals surface area contributed by atoms with Gasteiger partial charge in [-0.1, -0.05) is 12.8 Å². The van der Waals surface area contributed by atoms with Gasteiger partial charge in [-0.2, -0.15) is 5.10 Å². The lowest BCUT2D eigenvalue weighted by Crippen LogP contribution is -2.43. The average Bonchev–Trinajstić information content (AvgIpc) is 3.11. The summed E-state index contributed by atoms with van der Waals surface area (Å²) < 4.78 is 1.96. The molecule has 98 valence electrons. The van der Waals surface area contributed by atoms with E-state index in [9.17, 15) is 4.79 Å². The molecule has 2 amide bonds. The average molecular weight is 248 g/mol. The summed E-state index contributed by atoms with van der Waals surface area (Å²) in [4.78, 5) is 14.0. The maximum absolute atomic E-state index is 12.1. The number of nitrogens with zero attached hydrogens (tertiary/aromatic N) is 3. The van der Waals surface area contributed by atoms with Gasteiger partial charge in [0.25, 0.3) is 0 Å². The fourth-order valence-corrected chi connectivity index (χ4v) is 2.97. The molecule has 1 atom stereocenters. The van der Waals surface area contributed by atoms with Crippen molar-refractivity contribution in [2.24, 2.45) is 0 Å². The van der Waals surface area contributed by atoms with E-state index in [1.807, 2.05) is 21.8 Å². The van der Waals surface area contributed by atoms with Crippen LogP contribution in [0.5, 0.6) is 0 Å². The Kier molecular flexibility index (Phi) is 3.21. The summed E-state index contributed by atoms with van der Waals surface area (Å²) in [5, 5.41) is 7.40. The topological polar surface area (TPSA) is 50.2 Å². The van der Waals surface area contributed by atoms with Crippen molar-refractivity contribution in [1.29, 1.82) is 0 Å². The van der Waals surface area contributed by atoms with E-state index in [4.69, 9.17) is 0 Å². The first-order valence-electron chi connectivity index (χ1n) is 6.87. The molecule has 5 heteroatoms.